The number of ether oxygens (including phenoxy) is 1. The van der Waals surface area contributed by atoms with Crippen LogP contribution in [0.5, 0.6) is 0 Å². The van der Waals surface area contributed by atoms with Gasteiger partial charge in [0.15, 0.2) is 0 Å². The lowest BCUT2D eigenvalue weighted by atomic mass is 9.69. The van der Waals surface area contributed by atoms with Crippen molar-refractivity contribution in [3.8, 4) is 0 Å². The van der Waals surface area contributed by atoms with E-state index in [1.165, 1.54) is 38.5 Å². The summed E-state index contributed by atoms with van der Waals surface area (Å²) in [5, 5.41) is 3.82. The van der Waals surface area contributed by atoms with E-state index in [0.29, 0.717) is 6.04 Å². The molecule has 19 heavy (non-hydrogen) atoms. The summed E-state index contributed by atoms with van der Waals surface area (Å²) in [6.07, 6.45) is 9.20. The van der Waals surface area contributed by atoms with Crippen molar-refractivity contribution in [3.05, 3.63) is 0 Å². The molecule has 0 aromatic carbocycles. The van der Waals surface area contributed by atoms with E-state index in [4.69, 9.17) is 4.74 Å². The van der Waals surface area contributed by atoms with Crippen LogP contribution in [0.25, 0.3) is 0 Å². The Labute approximate surface area is 120 Å². The molecule has 1 aliphatic carbocycles. The maximum Gasteiger partial charge on any atom is 0.0803 e. The lowest BCUT2D eigenvalue weighted by Crippen LogP contribution is -2.56. The van der Waals surface area contributed by atoms with Gasteiger partial charge in [-0.15, -0.1) is 0 Å². The van der Waals surface area contributed by atoms with Gasteiger partial charge in [-0.3, -0.25) is 0 Å². The Balaban J connectivity index is 2.87. The highest BCUT2D eigenvalue weighted by molar-refractivity contribution is 4.96. The topological polar surface area (TPSA) is 21.3 Å². The first-order chi connectivity index (χ1) is 9.12. The Bertz CT molecular complexity index is 237. The number of nitrogens with one attached hydrogen (secondary N) is 1. The molecule has 0 aromatic heterocycles. The van der Waals surface area contributed by atoms with E-state index in [9.17, 15) is 0 Å². The summed E-state index contributed by atoms with van der Waals surface area (Å²) in [7, 11) is 1.88. The smallest absolute Gasteiger partial charge is 0.0803 e. The third-order valence-corrected chi connectivity index (χ3v) is 5.36. The molecule has 0 aliphatic heterocycles. The fourth-order valence-electron chi connectivity index (χ4n) is 3.79. The van der Waals surface area contributed by atoms with Crippen molar-refractivity contribution in [2.75, 3.05) is 13.7 Å². The van der Waals surface area contributed by atoms with Crippen molar-refractivity contribution in [2.24, 2.45) is 11.8 Å². The van der Waals surface area contributed by atoms with Crippen LogP contribution in [0.15, 0.2) is 0 Å². The van der Waals surface area contributed by atoms with Crippen molar-refractivity contribution in [1.82, 2.24) is 5.32 Å². The third kappa shape index (κ3) is 4.19. The standard InChI is InChI=1S/C17H35NO/c1-6-13-18-16(17(4,8-3)19-5)15-12-10-9-11-14(15)7-2/h14-16,18H,6-13H2,1-5H3. The van der Waals surface area contributed by atoms with Gasteiger partial charge in [0, 0.05) is 13.2 Å². The van der Waals surface area contributed by atoms with Gasteiger partial charge < -0.3 is 10.1 Å². The van der Waals surface area contributed by atoms with Gasteiger partial charge in [0.25, 0.3) is 0 Å². The molecular weight excluding hydrogens is 234 g/mol. The number of methoxy groups -OCH3 is 1. The van der Waals surface area contributed by atoms with Gasteiger partial charge in [-0.1, -0.05) is 46.5 Å². The Morgan fingerprint density at radius 1 is 1.21 bits per heavy atom. The predicted molar refractivity (Wildman–Crippen MR) is 83.5 cm³/mol. The van der Waals surface area contributed by atoms with Crippen molar-refractivity contribution in [2.45, 2.75) is 84.3 Å². The van der Waals surface area contributed by atoms with Gasteiger partial charge in [-0.2, -0.15) is 0 Å². The van der Waals surface area contributed by atoms with Crippen LogP contribution in [-0.2, 0) is 4.74 Å². The minimum absolute atomic E-state index is 0.0232. The molecule has 0 saturated heterocycles. The van der Waals surface area contributed by atoms with Crippen LogP contribution in [0.2, 0.25) is 0 Å². The minimum Gasteiger partial charge on any atom is -0.377 e. The molecule has 0 spiro atoms. The van der Waals surface area contributed by atoms with Gasteiger partial charge in [0.2, 0.25) is 0 Å². The predicted octanol–water partition coefficient (Wildman–Crippen LogP) is 4.39. The second kappa shape index (κ2) is 8.26. The molecule has 2 heteroatoms. The fraction of sp³-hybridized carbons (Fsp3) is 1.00. The molecule has 4 atom stereocenters. The summed E-state index contributed by atoms with van der Waals surface area (Å²) >= 11 is 0. The quantitative estimate of drug-likeness (QED) is 0.706. The normalized spacial score (nSPS) is 28.9. The van der Waals surface area contributed by atoms with Gasteiger partial charge in [0.05, 0.1) is 5.60 Å². The van der Waals surface area contributed by atoms with Crippen LogP contribution in [-0.4, -0.2) is 25.3 Å². The molecule has 1 aliphatic rings. The van der Waals surface area contributed by atoms with Crippen molar-refractivity contribution < 1.29 is 4.74 Å². The van der Waals surface area contributed by atoms with Crippen LogP contribution in [0.4, 0.5) is 0 Å². The average molecular weight is 269 g/mol. The second-order valence-electron chi connectivity index (χ2n) is 6.42. The molecule has 1 fully saturated rings. The van der Waals surface area contributed by atoms with E-state index < -0.39 is 0 Å². The maximum absolute atomic E-state index is 5.93. The van der Waals surface area contributed by atoms with Gasteiger partial charge in [0.1, 0.15) is 0 Å². The molecule has 4 unspecified atom stereocenters. The van der Waals surface area contributed by atoms with Gasteiger partial charge in [-0.25, -0.2) is 0 Å². The fourth-order valence-corrected chi connectivity index (χ4v) is 3.79. The van der Waals surface area contributed by atoms with Crippen molar-refractivity contribution >= 4 is 0 Å². The molecule has 2 nitrogen and oxygen atoms in total. The Morgan fingerprint density at radius 3 is 2.42 bits per heavy atom. The second-order valence-corrected chi connectivity index (χ2v) is 6.42. The first kappa shape index (κ1) is 17.0. The average Bonchev–Trinajstić information content (AvgIpc) is 2.47. The molecule has 0 aromatic rings. The molecular formula is C17H35NO. The minimum atomic E-state index is -0.0232. The third-order valence-electron chi connectivity index (χ3n) is 5.36. The lowest BCUT2D eigenvalue weighted by Gasteiger charge is -2.46. The zero-order chi connectivity index (χ0) is 14.3. The molecule has 1 N–H and O–H groups in total. The summed E-state index contributed by atoms with van der Waals surface area (Å²) in [6, 6.07) is 0.507. The molecule has 1 saturated carbocycles. The maximum atomic E-state index is 5.93. The Hall–Kier alpha value is -0.0800. The lowest BCUT2D eigenvalue weighted by molar-refractivity contribution is -0.0593. The first-order valence-corrected chi connectivity index (χ1v) is 8.41. The van der Waals surface area contributed by atoms with Crippen molar-refractivity contribution in [3.63, 3.8) is 0 Å². The summed E-state index contributed by atoms with van der Waals surface area (Å²) in [5.74, 6) is 1.67. The summed E-state index contributed by atoms with van der Waals surface area (Å²) in [6.45, 7) is 10.3. The van der Waals surface area contributed by atoms with Gasteiger partial charge >= 0.3 is 0 Å². The van der Waals surface area contributed by atoms with Crippen LogP contribution in [0, 0.1) is 11.8 Å². The number of rotatable bonds is 8. The van der Waals surface area contributed by atoms with Crippen molar-refractivity contribution in [1.29, 1.82) is 0 Å². The molecule has 0 heterocycles. The molecule has 0 bridgehead atoms. The zero-order valence-corrected chi connectivity index (χ0v) is 13.8. The van der Waals surface area contributed by atoms with Crippen LogP contribution in [0.3, 0.4) is 0 Å². The van der Waals surface area contributed by atoms with E-state index in [1.807, 2.05) is 7.11 Å². The van der Waals surface area contributed by atoms with E-state index in [0.717, 1.165) is 24.8 Å². The van der Waals surface area contributed by atoms with Crippen LogP contribution < -0.4 is 5.32 Å². The Morgan fingerprint density at radius 2 is 1.89 bits per heavy atom. The zero-order valence-electron chi connectivity index (χ0n) is 13.8. The van der Waals surface area contributed by atoms with Crippen LogP contribution in [0.1, 0.15) is 72.6 Å². The van der Waals surface area contributed by atoms with E-state index in [-0.39, 0.29) is 5.60 Å². The van der Waals surface area contributed by atoms with Gasteiger partial charge in [-0.05, 0) is 44.6 Å². The first-order valence-electron chi connectivity index (χ1n) is 8.41. The summed E-state index contributed by atoms with van der Waals surface area (Å²) in [4.78, 5) is 0. The largest absolute Gasteiger partial charge is 0.377 e. The van der Waals surface area contributed by atoms with Crippen LogP contribution >= 0.6 is 0 Å². The Kier molecular flexibility index (Phi) is 7.38. The highest BCUT2D eigenvalue weighted by Gasteiger charge is 2.41. The van der Waals surface area contributed by atoms with E-state index >= 15 is 0 Å². The molecule has 0 radical (unpaired) electrons. The monoisotopic (exact) mass is 269 g/mol. The molecule has 1 rings (SSSR count). The summed E-state index contributed by atoms with van der Waals surface area (Å²) in [5.41, 5.74) is -0.0232. The summed E-state index contributed by atoms with van der Waals surface area (Å²) < 4.78 is 5.93. The highest BCUT2D eigenvalue weighted by atomic mass is 16.5. The number of hydrogen-bond acceptors (Lipinski definition) is 2. The van der Waals surface area contributed by atoms with E-state index in [1.54, 1.807) is 0 Å². The molecule has 114 valence electrons. The SMILES string of the molecule is CCCNC(C1CCCCC1CC)C(C)(CC)OC. The highest BCUT2D eigenvalue weighted by Crippen LogP contribution is 2.39. The number of hydrogen-bond donors (Lipinski definition) is 1. The molecule has 0 amide bonds. The van der Waals surface area contributed by atoms with E-state index in [2.05, 4.69) is 33.0 Å².